The average molecular weight is 215 g/mol. The smallest absolute Gasteiger partial charge is 0.135 e. The van der Waals surface area contributed by atoms with Crippen LogP contribution in [0.3, 0.4) is 0 Å². The van der Waals surface area contributed by atoms with Gasteiger partial charge in [-0.3, -0.25) is 0 Å². The topological polar surface area (TPSA) is 21.6 Å². The predicted octanol–water partition coefficient (Wildman–Crippen LogP) is 3.32. The third kappa shape index (κ3) is 2.51. The lowest BCUT2D eigenvalue weighted by Crippen LogP contribution is -2.03. The molecular formula is C14H17NO. The number of fused-ring (bicyclic) bond motifs is 1. The molecular weight excluding hydrogens is 198 g/mol. The van der Waals surface area contributed by atoms with Crippen molar-refractivity contribution >= 4 is 5.71 Å². The van der Waals surface area contributed by atoms with Crippen molar-refractivity contribution in [2.75, 3.05) is 6.61 Å². The van der Waals surface area contributed by atoms with Gasteiger partial charge in [0.25, 0.3) is 0 Å². The van der Waals surface area contributed by atoms with Crippen LogP contribution in [0, 0.1) is 0 Å². The highest BCUT2D eigenvalue weighted by Gasteiger charge is 2.13. The fourth-order valence-electron chi connectivity index (χ4n) is 2.03. The first-order valence-corrected chi connectivity index (χ1v) is 5.80. The summed E-state index contributed by atoms with van der Waals surface area (Å²) in [6.07, 6.45) is 6.29. The van der Waals surface area contributed by atoms with Crippen LogP contribution in [0.5, 0.6) is 0 Å². The lowest BCUT2D eigenvalue weighted by atomic mass is 10.0. The molecule has 2 nitrogen and oxygen atoms in total. The van der Waals surface area contributed by atoms with Crippen LogP contribution < -0.4 is 0 Å². The highest BCUT2D eigenvalue weighted by atomic mass is 16.6. The van der Waals surface area contributed by atoms with E-state index in [9.17, 15) is 0 Å². The van der Waals surface area contributed by atoms with Gasteiger partial charge in [-0.15, -0.1) is 0 Å². The Morgan fingerprint density at radius 2 is 2.06 bits per heavy atom. The summed E-state index contributed by atoms with van der Waals surface area (Å²) in [5.74, 6) is 0. The van der Waals surface area contributed by atoms with Gasteiger partial charge in [0, 0.05) is 5.56 Å². The lowest BCUT2D eigenvalue weighted by molar-refractivity contribution is 0.174. The van der Waals surface area contributed by atoms with Gasteiger partial charge in [0.15, 0.2) is 0 Å². The van der Waals surface area contributed by atoms with E-state index in [2.05, 4.69) is 36.0 Å². The maximum absolute atomic E-state index is 5.20. The minimum atomic E-state index is 0.478. The van der Waals surface area contributed by atoms with Crippen LogP contribution >= 0.6 is 0 Å². The van der Waals surface area contributed by atoms with Crippen LogP contribution in [-0.2, 0) is 11.3 Å². The molecule has 0 heterocycles. The predicted molar refractivity (Wildman–Crippen MR) is 66.7 cm³/mol. The van der Waals surface area contributed by atoms with Gasteiger partial charge < -0.3 is 4.84 Å². The molecule has 0 saturated heterocycles. The Morgan fingerprint density at radius 1 is 1.25 bits per heavy atom. The normalized spacial score (nSPS) is 17.6. The zero-order chi connectivity index (χ0) is 11.2. The zero-order valence-corrected chi connectivity index (χ0v) is 9.48. The van der Waals surface area contributed by atoms with E-state index in [0.29, 0.717) is 6.61 Å². The van der Waals surface area contributed by atoms with E-state index >= 15 is 0 Å². The summed E-state index contributed by atoms with van der Waals surface area (Å²) in [6, 6.07) is 8.47. The van der Waals surface area contributed by atoms with E-state index < -0.39 is 0 Å². The Balaban J connectivity index is 2.25. The molecule has 16 heavy (non-hydrogen) atoms. The molecule has 0 aliphatic heterocycles. The van der Waals surface area contributed by atoms with Crippen LogP contribution in [0.1, 0.15) is 30.4 Å². The van der Waals surface area contributed by atoms with Gasteiger partial charge in [-0.2, -0.15) is 0 Å². The summed E-state index contributed by atoms with van der Waals surface area (Å²) in [5.41, 5.74) is 3.72. The summed E-state index contributed by atoms with van der Waals surface area (Å²) in [4.78, 5) is 5.20. The van der Waals surface area contributed by atoms with E-state index in [-0.39, 0.29) is 0 Å². The van der Waals surface area contributed by atoms with Gasteiger partial charge in [-0.25, -0.2) is 0 Å². The van der Waals surface area contributed by atoms with E-state index in [4.69, 9.17) is 4.84 Å². The largest absolute Gasteiger partial charge is 0.391 e. The van der Waals surface area contributed by atoms with Crippen LogP contribution in [0.4, 0.5) is 0 Å². The minimum Gasteiger partial charge on any atom is -0.391 e. The fraction of sp³-hybridized carbons (Fsp3) is 0.357. The molecule has 0 radical (unpaired) electrons. The van der Waals surface area contributed by atoms with Gasteiger partial charge in [0.2, 0.25) is 0 Å². The quantitative estimate of drug-likeness (QED) is 0.328. The van der Waals surface area contributed by atoms with E-state index in [1.165, 1.54) is 24.0 Å². The van der Waals surface area contributed by atoms with Gasteiger partial charge >= 0.3 is 0 Å². The van der Waals surface area contributed by atoms with Gasteiger partial charge in [-0.1, -0.05) is 42.1 Å². The van der Waals surface area contributed by atoms with Crippen molar-refractivity contribution in [3.63, 3.8) is 0 Å². The summed E-state index contributed by atoms with van der Waals surface area (Å²) in [6.45, 7) is 4.09. The maximum Gasteiger partial charge on any atom is 0.135 e. The number of rotatable bonds is 3. The molecule has 1 aliphatic carbocycles. The summed E-state index contributed by atoms with van der Waals surface area (Å²) in [5, 5.41) is 4.22. The van der Waals surface area contributed by atoms with E-state index in [1.54, 1.807) is 6.08 Å². The minimum absolute atomic E-state index is 0.478. The zero-order valence-electron chi connectivity index (χ0n) is 9.48. The molecule has 2 heteroatoms. The molecule has 0 N–H and O–H groups in total. The summed E-state index contributed by atoms with van der Waals surface area (Å²) in [7, 11) is 0. The molecule has 0 amide bonds. The molecule has 1 aromatic rings. The van der Waals surface area contributed by atoms with Gasteiger partial charge in [0.1, 0.15) is 6.61 Å². The first-order valence-electron chi connectivity index (χ1n) is 5.80. The monoisotopic (exact) mass is 215 g/mol. The second-order valence-electron chi connectivity index (χ2n) is 3.99. The summed E-state index contributed by atoms with van der Waals surface area (Å²) < 4.78 is 0. The van der Waals surface area contributed by atoms with E-state index in [1.807, 2.05) is 0 Å². The lowest BCUT2D eigenvalue weighted by Gasteiger charge is -2.06. The number of hydrogen-bond donors (Lipinski definition) is 0. The molecule has 1 aliphatic rings. The van der Waals surface area contributed by atoms with Crippen molar-refractivity contribution in [3.05, 3.63) is 48.0 Å². The van der Waals surface area contributed by atoms with Crippen molar-refractivity contribution in [2.24, 2.45) is 5.16 Å². The molecule has 0 unspecified atom stereocenters. The molecule has 0 fully saturated rings. The number of hydrogen-bond acceptors (Lipinski definition) is 2. The summed E-state index contributed by atoms with van der Waals surface area (Å²) >= 11 is 0. The van der Waals surface area contributed by atoms with Crippen molar-refractivity contribution in [3.8, 4) is 0 Å². The molecule has 0 bridgehead atoms. The fourth-order valence-corrected chi connectivity index (χ4v) is 2.03. The molecule has 0 atom stereocenters. The number of aryl methyl sites for hydroxylation is 1. The van der Waals surface area contributed by atoms with Gasteiger partial charge in [-0.05, 0) is 31.2 Å². The Hall–Kier alpha value is -1.57. The Labute approximate surface area is 96.6 Å². The first kappa shape index (κ1) is 10.9. The van der Waals surface area contributed by atoms with Crippen LogP contribution in [0.25, 0.3) is 0 Å². The Morgan fingerprint density at radius 3 is 2.94 bits per heavy atom. The second kappa shape index (κ2) is 5.50. The SMILES string of the molecule is C=CCO/N=C1\CCCCc2ccccc21. The molecule has 0 aromatic heterocycles. The molecule has 84 valence electrons. The van der Waals surface area contributed by atoms with Gasteiger partial charge in [0.05, 0.1) is 5.71 Å². The van der Waals surface area contributed by atoms with Crippen LogP contribution in [-0.4, -0.2) is 12.3 Å². The second-order valence-corrected chi connectivity index (χ2v) is 3.99. The molecule has 1 aromatic carbocycles. The van der Waals surface area contributed by atoms with Crippen molar-refractivity contribution in [2.45, 2.75) is 25.7 Å². The van der Waals surface area contributed by atoms with Crippen molar-refractivity contribution < 1.29 is 4.84 Å². The number of oxime groups is 1. The first-order chi connectivity index (χ1) is 7.92. The number of benzene rings is 1. The average Bonchev–Trinajstić information content (AvgIpc) is 2.52. The Kier molecular flexibility index (Phi) is 3.76. The third-order valence-corrected chi connectivity index (χ3v) is 2.81. The molecule has 0 spiro atoms. The van der Waals surface area contributed by atoms with Crippen LogP contribution in [0.15, 0.2) is 42.1 Å². The van der Waals surface area contributed by atoms with Crippen molar-refractivity contribution in [1.82, 2.24) is 0 Å². The Bertz CT molecular complexity index is 395. The van der Waals surface area contributed by atoms with Crippen LogP contribution in [0.2, 0.25) is 0 Å². The molecule has 0 saturated carbocycles. The van der Waals surface area contributed by atoms with Crippen molar-refractivity contribution in [1.29, 1.82) is 0 Å². The highest BCUT2D eigenvalue weighted by molar-refractivity contribution is 6.01. The van der Waals surface area contributed by atoms with E-state index in [0.717, 1.165) is 18.6 Å². The molecule has 2 rings (SSSR count). The number of nitrogens with zero attached hydrogens (tertiary/aromatic N) is 1. The maximum atomic E-state index is 5.20. The third-order valence-electron chi connectivity index (χ3n) is 2.81. The highest BCUT2D eigenvalue weighted by Crippen LogP contribution is 2.20. The standard InChI is InChI=1S/C14H17NO/c1-2-11-16-15-14-10-6-4-8-12-7-3-5-9-13(12)14/h2-3,5,7,9H,1,4,6,8,10-11H2/b15-14+.